The van der Waals surface area contributed by atoms with Crippen LogP contribution in [0.3, 0.4) is 0 Å². The van der Waals surface area contributed by atoms with Crippen molar-refractivity contribution in [3.8, 4) is 0 Å². The minimum Gasteiger partial charge on any atom is -0.310 e. The van der Waals surface area contributed by atoms with Crippen LogP contribution in [0.15, 0.2) is 24.4 Å². The van der Waals surface area contributed by atoms with Gasteiger partial charge in [0.2, 0.25) is 0 Å². The Morgan fingerprint density at radius 2 is 2.25 bits per heavy atom. The van der Waals surface area contributed by atoms with Crippen molar-refractivity contribution in [1.82, 2.24) is 15.2 Å². The summed E-state index contributed by atoms with van der Waals surface area (Å²) in [6.45, 7) is 8.00. The molecule has 0 radical (unpaired) electrons. The van der Waals surface area contributed by atoms with Crippen LogP contribution in [0.25, 0.3) is 0 Å². The standard InChI is InChI=1S/C17H29N3/c1-2-6-16-7-5-12-20(13-9-16)14-11-18-15-17-8-3-4-10-19-17/h3-4,8,10,16,18H,2,5-7,9,11-15H2,1H3. The summed E-state index contributed by atoms with van der Waals surface area (Å²) in [5, 5.41) is 3.50. The van der Waals surface area contributed by atoms with Gasteiger partial charge in [-0.25, -0.2) is 0 Å². The molecule has 1 aromatic heterocycles. The van der Waals surface area contributed by atoms with Gasteiger partial charge in [0.1, 0.15) is 0 Å². The molecule has 1 aliphatic rings. The molecule has 2 heterocycles. The van der Waals surface area contributed by atoms with Crippen molar-refractivity contribution in [2.45, 2.75) is 45.6 Å². The third-order valence-corrected chi connectivity index (χ3v) is 4.27. The second kappa shape index (κ2) is 9.09. The average molecular weight is 275 g/mol. The molecule has 1 saturated heterocycles. The van der Waals surface area contributed by atoms with E-state index in [-0.39, 0.29) is 0 Å². The summed E-state index contributed by atoms with van der Waals surface area (Å²) in [5.41, 5.74) is 1.13. The Labute approximate surface area is 123 Å². The van der Waals surface area contributed by atoms with Crippen molar-refractivity contribution in [3.05, 3.63) is 30.1 Å². The molecule has 112 valence electrons. The molecule has 3 heteroatoms. The first-order chi connectivity index (χ1) is 9.88. The largest absolute Gasteiger partial charge is 0.310 e. The van der Waals surface area contributed by atoms with Crippen LogP contribution in [0.4, 0.5) is 0 Å². The molecule has 3 nitrogen and oxygen atoms in total. The van der Waals surface area contributed by atoms with Gasteiger partial charge in [0, 0.05) is 25.8 Å². The molecule has 0 saturated carbocycles. The molecule has 0 aromatic carbocycles. The van der Waals surface area contributed by atoms with E-state index < -0.39 is 0 Å². The lowest BCUT2D eigenvalue weighted by Gasteiger charge is -2.20. The van der Waals surface area contributed by atoms with Crippen molar-refractivity contribution in [3.63, 3.8) is 0 Å². The second-order valence-electron chi connectivity index (χ2n) is 5.93. The normalized spacial score (nSPS) is 20.8. The van der Waals surface area contributed by atoms with Crippen molar-refractivity contribution >= 4 is 0 Å². The van der Waals surface area contributed by atoms with Crippen LogP contribution in [0.5, 0.6) is 0 Å². The Kier molecular flexibility index (Phi) is 7.02. The van der Waals surface area contributed by atoms with Gasteiger partial charge >= 0.3 is 0 Å². The SMILES string of the molecule is CCCC1CCCN(CCNCc2ccccn2)CC1. The molecule has 0 amide bonds. The maximum atomic E-state index is 4.33. The van der Waals surface area contributed by atoms with Crippen molar-refractivity contribution in [2.75, 3.05) is 26.2 Å². The summed E-state index contributed by atoms with van der Waals surface area (Å²) in [6.07, 6.45) is 8.84. The monoisotopic (exact) mass is 275 g/mol. The fourth-order valence-electron chi connectivity index (χ4n) is 3.10. The molecule has 20 heavy (non-hydrogen) atoms. The van der Waals surface area contributed by atoms with Crippen LogP contribution >= 0.6 is 0 Å². The molecule has 0 spiro atoms. The molecule has 0 aliphatic carbocycles. The van der Waals surface area contributed by atoms with Crippen LogP contribution in [0.1, 0.15) is 44.7 Å². The van der Waals surface area contributed by atoms with Gasteiger partial charge in [0.15, 0.2) is 0 Å². The highest BCUT2D eigenvalue weighted by atomic mass is 15.1. The number of rotatable bonds is 7. The zero-order chi connectivity index (χ0) is 14.0. The Hall–Kier alpha value is -0.930. The highest BCUT2D eigenvalue weighted by Crippen LogP contribution is 2.21. The quantitative estimate of drug-likeness (QED) is 0.775. The zero-order valence-corrected chi connectivity index (χ0v) is 12.9. The van der Waals surface area contributed by atoms with E-state index in [1.54, 1.807) is 0 Å². The maximum Gasteiger partial charge on any atom is 0.0541 e. The first kappa shape index (κ1) is 15.5. The molecule has 1 atom stereocenters. The van der Waals surface area contributed by atoms with E-state index in [4.69, 9.17) is 0 Å². The van der Waals surface area contributed by atoms with Gasteiger partial charge in [-0.3, -0.25) is 4.98 Å². The minimum atomic E-state index is 0.882. The van der Waals surface area contributed by atoms with E-state index in [1.807, 2.05) is 18.3 Å². The molecular weight excluding hydrogens is 246 g/mol. The molecule has 1 N–H and O–H groups in total. The van der Waals surface area contributed by atoms with Crippen LogP contribution in [0, 0.1) is 5.92 Å². The highest BCUT2D eigenvalue weighted by molar-refractivity contribution is 5.02. The van der Waals surface area contributed by atoms with E-state index >= 15 is 0 Å². The molecule has 1 aliphatic heterocycles. The number of nitrogens with zero attached hydrogens (tertiary/aromatic N) is 2. The zero-order valence-electron chi connectivity index (χ0n) is 12.9. The van der Waals surface area contributed by atoms with E-state index in [2.05, 4.69) is 28.2 Å². The van der Waals surface area contributed by atoms with Crippen LogP contribution < -0.4 is 5.32 Å². The van der Waals surface area contributed by atoms with Crippen molar-refractivity contribution in [2.24, 2.45) is 5.92 Å². The van der Waals surface area contributed by atoms with Gasteiger partial charge in [-0.1, -0.05) is 25.8 Å². The van der Waals surface area contributed by atoms with Crippen LogP contribution in [-0.2, 0) is 6.54 Å². The summed E-state index contributed by atoms with van der Waals surface area (Å²) >= 11 is 0. The lowest BCUT2D eigenvalue weighted by Crippen LogP contribution is -2.32. The summed E-state index contributed by atoms with van der Waals surface area (Å²) in [4.78, 5) is 6.96. The van der Waals surface area contributed by atoms with Gasteiger partial charge in [-0.15, -0.1) is 0 Å². The van der Waals surface area contributed by atoms with Gasteiger partial charge in [-0.05, 0) is 50.4 Å². The summed E-state index contributed by atoms with van der Waals surface area (Å²) in [6, 6.07) is 6.09. The number of pyridine rings is 1. The Morgan fingerprint density at radius 3 is 3.05 bits per heavy atom. The van der Waals surface area contributed by atoms with Gasteiger partial charge in [0.25, 0.3) is 0 Å². The number of hydrogen-bond donors (Lipinski definition) is 1. The van der Waals surface area contributed by atoms with E-state index in [0.717, 1.165) is 24.7 Å². The fourth-order valence-corrected chi connectivity index (χ4v) is 3.10. The Morgan fingerprint density at radius 1 is 1.30 bits per heavy atom. The summed E-state index contributed by atoms with van der Waals surface area (Å²) in [5.74, 6) is 0.978. The van der Waals surface area contributed by atoms with E-state index in [1.165, 1.54) is 51.7 Å². The van der Waals surface area contributed by atoms with Crippen molar-refractivity contribution in [1.29, 1.82) is 0 Å². The predicted molar refractivity (Wildman–Crippen MR) is 84.6 cm³/mol. The summed E-state index contributed by atoms with van der Waals surface area (Å²) in [7, 11) is 0. The van der Waals surface area contributed by atoms with Crippen LogP contribution in [0.2, 0.25) is 0 Å². The average Bonchev–Trinajstić information content (AvgIpc) is 2.71. The molecule has 0 bridgehead atoms. The minimum absolute atomic E-state index is 0.882. The third-order valence-electron chi connectivity index (χ3n) is 4.27. The number of likely N-dealkylation sites (tertiary alicyclic amines) is 1. The topological polar surface area (TPSA) is 28.2 Å². The Bertz CT molecular complexity index is 353. The number of aromatic nitrogens is 1. The lowest BCUT2D eigenvalue weighted by molar-refractivity contribution is 0.278. The van der Waals surface area contributed by atoms with E-state index in [0.29, 0.717) is 0 Å². The summed E-state index contributed by atoms with van der Waals surface area (Å²) < 4.78 is 0. The fraction of sp³-hybridized carbons (Fsp3) is 0.706. The lowest BCUT2D eigenvalue weighted by atomic mass is 9.96. The van der Waals surface area contributed by atoms with Gasteiger partial charge in [0.05, 0.1) is 5.69 Å². The second-order valence-corrected chi connectivity index (χ2v) is 5.93. The van der Waals surface area contributed by atoms with Crippen LogP contribution in [-0.4, -0.2) is 36.1 Å². The van der Waals surface area contributed by atoms with Gasteiger partial charge in [-0.2, -0.15) is 0 Å². The molecule has 1 aromatic rings. The third kappa shape index (κ3) is 5.59. The maximum absolute atomic E-state index is 4.33. The predicted octanol–water partition coefficient (Wildman–Crippen LogP) is 3.07. The molecule has 1 fully saturated rings. The molecular formula is C17H29N3. The highest BCUT2D eigenvalue weighted by Gasteiger charge is 2.15. The Balaban J connectivity index is 1.60. The number of hydrogen-bond acceptors (Lipinski definition) is 3. The van der Waals surface area contributed by atoms with Crippen molar-refractivity contribution < 1.29 is 0 Å². The first-order valence-corrected chi connectivity index (χ1v) is 8.21. The smallest absolute Gasteiger partial charge is 0.0541 e. The van der Waals surface area contributed by atoms with E-state index in [9.17, 15) is 0 Å². The molecule has 2 rings (SSSR count). The number of nitrogens with one attached hydrogen (secondary N) is 1. The van der Waals surface area contributed by atoms with Gasteiger partial charge < -0.3 is 10.2 Å². The first-order valence-electron chi connectivity index (χ1n) is 8.21. The molecule has 1 unspecified atom stereocenters.